The van der Waals surface area contributed by atoms with Crippen molar-refractivity contribution in [2.24, 2.45) is 0 Å². The first-order valence-corrected chi connectivity index (χ1v) is 15.1. The van der Waals surface area contributed by atoms with Gasteiger partial charge >= 0.3 is 5.97 Å². The van der Waals surface area contributed by atoms with Gasteiger partial charge in [0.2, 0.25) is 5.75 Å². The van der Waals surface area contributed by atoms with Crippen LogP contribution >= 0.6 is 0 Å². The Hall–Kier alpha value is -4.00. The van der Waals surface area contributed by atoms with Crippen LogP contribution < -0.4 is 23.7 Å². The van der Waals surface area contributed by atoms with Gasteiger partial charge in [-0.15, -0.1) is 0 Å². The van der Waals surface area contributed by atoms with Crippen molar-refractivity contribution in [3.63, 3.8) is 0 Å². The van der Waals surface area contributed by atoms with Crippen molar-refractivity contribution < 1.29 is 51.8 Å². The lowest BCUT2D eigenvalue weighted by Crippen LogP contribution is -2.15. The SMILES string of the molecule is COc1cc(C(O)CCC(O)c2cc(OC)c(OC)c(S(=O)(=O)CCC(=O)OCc3ccccc3)c2)cc(OC)c1OC. The van der Waals surface area contributed by atoms with Crippen molar-refractivity contribution in [3.8, 4) is 28.7 Å². The third kappa shape index (κ3) is 8.53. The van der Waals surface area contributed by atoms with Crippen LogP contribution in [0.5, 0.6) is 28.7 Å². The van der Waals surface area contributed by atoms with E-state index in [-0.39, 0.29) is 47.8 Å². The molecule has 0 radical (unpaired) electrons. The van der Waals surface area contributed by atoms with Gasteiger partial charge in [0.1, 0.15) is 11.5 Å². The molecule has 3 aromatic carbocycles. The van der Waals surface area contributed by atoms with Crippen molar-refractivity contribution in [1.82, 2.24) is 0 Å². The fourth-order valence-electron chi connectivity index (χ4n) is 4.45. The lowest BCUT2D eigenvalue weighted by atomic mass is 9.98. The van der Waals surface area contributed by atoms with E-state index >= 15 is 0 Å². The zero-order chi connectivity index (χ0) is 31.6. The number of aliphatic hydroxyl groups excluding tert-OH is 2. The van der Waals surface area contributed by atoms with Gasteiger partial charge in [0, 0.05) is 0 Å². The summed E-state index contributed by atoms with van der Waals surface area (Å²) in [6.07, 6.45) is -2.37. The number of sulfone groups is 1. The Morgan fingerprint density at radius 1 is 0.721 bits per heavy atom. The molecule has 2 unspecified atom stereocenters. The molecule has 12 heteroatoms. The normalized spacial score (nSPS) is 12.6. The summed E-state index contributed by atoms with van der Waals surface area (Å²) in [5.41, 5.74) is 1.50. The third-order valence-electron chi connectivity index (χ3n) is 6.79. The Morgan fingerprint density at radius 3 is 1.70 bits per heavy atom. The van der Waals surface area contributed by atoms with E-state index in [1.807, 2.05) is 18.2 Å². The number of esters is 1. The van der Waals surface area contributed by atoms with Crippen molar-refractivity contribution in [3.05, 3.63) is 71.3 Å². The van der Waals surface area contributed by atoms with Gasteiger partial charge in [0.25, 0.3) is 0 Å². The van der Waals surface area contributed by atoms with Crippen LogP contribution in [0.1, 0.15) is 48.2 Å². The summed E-state index contributed by atoms with van der Waals surface area (Å²) in [5, 5.41) is 21.9. The van der Waals surface area contributed by atoms with E-state index in [1.54, 1.807) is 24.3 Å². The molecular weight excluding hydrogens is 580 g/mol. The molecule has 0 bridgehead atoms. The van der Waals surface area contributed by atoms with E-state index in [0.717, 1.165) is 5.56 Å². The fourth-order valence-corrected chi connectivity index (χ4v) is 5.89. The zero-order valence-electron chi connectivity index (χ0n) is 24.9. The van der Waals surface area contributed by atoms with Crippen LogP contribution in [0.4, 0.5) is 0 Å². The Bertz CT molecular complexity index is 1450. The van der Waals surface area contributed by atoms with Gasteiger partial charge in [-0.1, -0.05) is 30.3 Å². The standard InChI is InChI=1S/C31H38O11S/c1-37-25-15-21(16-26(38-2)30(25)40-4)23(32)11-12-24(33)22-17-27(39-3)31(41-5)28(18-22)43(35,36)14-13-29(34)42-19-20-9-7-6-8-10-20/h6-10,15-18,23-24,32-33H,11-14,19H2,1-5H3. The van der Waals surface area contributed by atoms with Gasteiger partial charge in [0.15, 0.2) is 32.8 Å². The molecule has 0 aliphatic rings. The number of rotatable bonds is 16. The van der Waals surface area contributed by atoms with Crippen molar-refractivity contribution >= 4 is 15.8 Å². The lowest BCUT2D eigenvalue weighted by Gasteiger charge is -2.20. The number of carbonyl (C=O) groups is 1. The first kappa shape index (κ1) is 33.5. The first-order chi connectivity index (χ1) is 20.6. The van der Waals surface area contributed by atoms with Crippen LogP contribution in [0, 0.1) is 0 Å². The molecule has 0 amide bonds. The molecule has 0 aromatic heterocycles. The zero-order valence-corrected chi connectivity index (χ0v) is 25.7. The molecule has 43 heavy (non-hydrogen) atoms. The van der Waals surface area contributed by atoms with E-state index in [2.05, 4.69) is 0 Å². The Labute approximate surface area is 251 Å². The molecular formula is C31H38O11S. The molecule has 0 saturated carbocycles. The molecule has 0 spiro atoms. The molecule has 3 aromatic rings. The van der Waals surface area contributed by atoms with E-state index in [0.29, 0.717) is 22.8 Å². The average Bonchev–Trinajstić information content (AvgIpc) is 3.03. The highest BCUT2D eigenvalue weighted by atomic mass is 32.2. The maximum absolute atomic E-state index is 13.4. The number of methoxy groups -OCH3 is 5. The Kier molecular flexibility index (Phi) is 12.0. The van der Waals surface area contributed by atoms with E-state index in [9.17, 15) is 23.4 Å². The summed E-state index contributed by atoms with van der Waals surface area (Å²) in [6, 6.07) is 15.0. The Balaban J connectivity index is 1.76. The molecule has 0 aliphatic carbocycles. The van der Waals surface area contributed by atoms with Crippen molar-refractivity contribution in [2.45, 2.75) is 43.0 Å². The highest BCUT2D eigenvalue weighted by molar-refractivity contribution is 7.91. The minimum atomic E-state index is -4.07. The van der Waals surface area contributed by atoms with Gasteiger partial charge in [-0.2, -0.15) is 0 Å². The molecule has 11 nitrogen and oxygen atoms in total. The van der Waals surface area contributed by atoms with Crippen LogP contribution in [0.25, 0.3) is 0 Å². The maximum Gasteiger partial charge on any atom is 0.307 e. The second-order valence-electron chi connectivity index (χ2n) is 9.54. The summed E-state index contributed by atoms with van der Waals surface area (Å²) in [4.78, 5) is 12.1. The van der Waals surface area contributed by atoms with Gasteiger partial charge in [-0.05, 0) is 53.8 Å². The highest BCUT2D eigenvalue weighted by Gasteiger charge is 2.27. The van der Waals surface area contributed by atoms with Crippen LogP contribution in [0.2, 0.25) is 0 Å². The van der Waals surface area contributed by atoms with E-state index in [4.69, 9.17) is 28.4 Å². The van der Waals surface area contributed by atoms with Crippen LogP contribution in [0.15, 0.2) is 59.5 Å². The van der Waals surface area contributed by atoms with Gasteiger partial charge < -0.3 is 38.6 Å². The molecule has 3 rings (SSSR count). The summed E-state index contributed by atoms with van der Waals surface area (Å²) in [6.45, 7) is 0.0283. The minimum Gasteiger partial charge on any atom is -0.493 e. The second kappa shape index (κ2) is 15.5. The predicted molar refractivity (Wildman–Crippen MR) is 158 cm³/mol. The third-order valence-corrected chi connectivity index (χ3v) is 8.50. The van der Waals surface area contributed by atoms with E-state index in [1.165, 1.54) is 47.7 Å². The predicted octanol–water partition coefficient (Wildman–Crippen LogP) is 4.18. The summed E-state index contributed by atoms with van der Waals surface area (Å²) in [5.74, 6) is -0.0485. The lowest BCUT2D eigenvalue weighted by molar-refractivity contribution is -0.144. The molecule has 2 N–H and O–H groups in total. The largest absolute Gasteiger partial charge is 0.493 e. The Morgan fingerprint density at radius 2 is 1.21 bits per heavy atom. The number of ether oxygens (including phenoxy) is 6. The fraction of sp³-hybridized carbons (Fsp3) is 0.387. The average molecular weight is 619 g/mol. The number of benzene rings is 3. The topological polar surface area (TPSA) is 147 Å². The van der Waals surface area contributed by atoms with E-state index < -0.39 is 33.8 Å². The molecule has 2 atom stereocenters. The second-order valence-corrected chi connectivity index (χ2v) is 11.6. The monoisotopic (exact) mass is 618 g/mol. The van der Waals surface area contributed by atoms with Gasteiger partial charge in [-0.25, -0.2) is 8.42 Å². The number of aliphatic hydroxyl groups is 2. The summed E-state index contributed by atoms with van der Waals surface area (Å²) < 4.78 is 58.7. The summed E-state index contributed by atoms with van der Waals surface area (Å²) >= 11 is 0. The molecule has 0 aliphatic heterocycles. The number of hydrogen-bond donors (Lipinski definition) is 2. The van der Waals surface area contributed by atoms with Crippen molar-refractivity contribution in [1.29, 1.82) is 0 Å². The smallest absolute Gasteiger partial charge is 0.307 e. The molecule has 0 heterocycles. The van der Waals surface area contributed by atoms with Crippen LogP contribution in [0.3, 0.4) is 0 Å². The minimum absolute atomic E-state index is 0.0283. The van der Waals surface area contributed by atoms with Crippen molar-refractivity contribution in [2.75, 3.05) is 41.3 Å². The maximum atomic E-state index is 13.4. The first-order valence-electron chi connectivity index (χ1n) is 13.4. The van der Waals surface area contributed by atoms with Crippen LogP contribution in [-0.4, -0.2) is 65.9 Å². The van der Waals surface area contributed by atoms with Gasteiger partial charge in [0.05, 0.1) is 59.9 Å². The van der Waals surface area contributed by atoms with Crippen LogP contribution in [-0.2, 0) is 26.0 Å². The summed E-state index contributed by atoms with van der Waals surface area (Å²) in [7, 11) is 2.98. The number of hydrogen-bond acceptors (Lipinski definition) is 11. The molecule has 234 valence electrons. The number of carbonyl (C=O) groups excluding carboxylic acids is 1. The molecule has 0 fully saturated rings. The molecule has 0 saturated heterocycles. The quantitative estimate of drug-likeness (QED) is 0.223. The van der Waals surface area contributed by atoms with Gasteiger partial charge in [-0.3, -0.25) is 4.79 Å². The highest BCUT2D eigenvalue weighted by Crippen LogP contribution is 2.42.